The largest absolute Gasteiger partial charge is 0.410 e. The first-order chi connectivity index (χ1) is 13.4. The predicted molar refractivity (Wildman–Crippen MR) is 111 cm³/mol. The van der Waals surface area contributed by atoms with E-state index >= 15 is 0 Å². The number of aryl methyl sites for hydroxylation is 1. The summed E-state index contributed by atoms with van der Waals surface area (Å²) in [5, 5.41) is 13.4. The number of fused-ring (bicyclic) bond motifs is 1. The van der Waals surface area contributed by atoms with Crippen molar-refractivity contribution in [3.8, 4) is 10.8 Å². The number of rotatable bonds is 7. The van der Waals surface area contributed by atoms with E-state index in [9.17, 15) is 9.59 Å². The minimum atomic E-state index is -0.476. The fourth-order valence-corrected chi connectivity index (χ4v) is 4.68. The number of carbonyl (C=O) groups excluding carboxylic acids is 2. The van der Waals surface area contributed by atoms with Gasteiger partial charge in [-0.25, -0.2) is 4.79 Å². The number of amides is 3. The molecule has 1 aliphatic carbocycles. The van der Waals surface area contributed by atoms with Gasteiger partial charge < -0.3 is 9.73 Å². The number of thiophene rings is 1. The molecule has 0 radical (unpaired) electrons. The van der Waals surface area contributed by atoms with Crippen LogP contribution in [0.3, 0.4) is 0 Å². The molecule has 2 N–H and O–H groups in total. The molecule has 0 bridgehead atoms. The van der Waals surface area contributed by atoms with Crippen molar-refractivity contribution in [3.05, 3.63) is 16.5 Å². The van der Waals surface area contributed by atoms with Crippen molar-refractivity contribution < 1.29 is 14.0 Å². The van der Waals surface area contributed by atoms with Crippen molar-refractivity contribution in [1.29, 1.82) is 0 Å². The highest BCUT2D eigenvalue weighted by molar-refractivity contribution is 7.99. The Morgan fingerprint density at radius 1 is 1.39 bits per heavy atom. The Hall–Kier alpha value is -1.87. The summed E-state index contributed by atoms with van der Waals surface area (Å²) in [4.78, 5) is 25.9. The van der Waals surface area contributed by atoms with E-state index in [4.69, 9.17) is 4.42 Å². The second-order valence-corrected chi connectivity index (χ2v) is 9.62. The second kappa shape index (κ2) is 9.56. The number of imide groups is 1. The fourth-order valence-electron chi connectivity index (χ4n) is 2.99. The smallest absolute Gasteiger partial charge is 0.321 e. The van der Waals surface area contributed by atoms with Gasteiger partial charge in [0.05, 0.1) is 10.6 Å². The fraction of sp³-hybridized carbons (Fsp3) is 0.579. The Bertz CT molecular complexity index is 831. The minimum Gasteiger partial charge on any atom is -0.410 e. The lowest BCUT2D eigenvalue weighted by molar-refractivity contribution is -0.117. The standard InChI is InChI=1S/C19H26N4O3S2/c1-11(2)6-7-20-18(25)21-16(24)10-27-19-23-22-17(26-19)15-9-13-8-12(3)4-5-14(13)28-15/h9,11-12H,4-8,10H2,1-3H3,(H2,20,21,24,25)/t12-/m1/s1. The van der Waals surface area contributed by atoms with E-state index in [0.717, 1.165) is 35.9 Å². The summed E-state index contributed by atoms with van der Waals surface area (Å²) in [5.41, 5.74) is 1.38. The first-order valence-corrected chi connectivity index (χ1v) is 11.4. The third-order valence-corrected chi connectivity index (χ3v) is 6.58. The minimum absolute atomic E-state index is 0.0394. The normalized spacial score (nSPS) is 16.1. The molecule has 7 nitrogen and oxygen atoms in total. The molecule has 0 aromatic carbocycles. The molecule has 0 saturated carbocycles. The molecule has 2 heterocycles. The van der Waals surface area contributed by atoms with Gasteiger partial charge in [0.1, 0.15) is 0 Å². The summed E-state index contributed by atoms with van der Waals surface area (Å²) < 4.78 is 5.69. The Labute approximate surface area is 173 Å². The number of hydrogen-bond donors (Lipinski definition) is 2. The summed E-state index contributed by atoms with van der Waals surface area (Å²) >= 11 is 2.83. The SMILES string of the molecule is CC(C)CCNC(=O)NC(=O)CSc1nnc(-c2cc3c(s2)CC[C@@H](C)C3)o1. The number of hydrogen-bond acceptors (Lipinski definition) is 7. The summed E-state index contributed by atoms with van der Waals surface area (Å²) in [6.07, 6.45) is 4.29. The Balaban J connectivity index is 1.47. The number of urea groups is 1. The van der Waals surface area contributed by atoms with E-state index in [-0.39, 0.29) is 5.75 Å². The molecule has 3 amide bonds. The van der Waals surface area contributed by atoms with Crippen LogP contribution >= 0.6 is 23.1 Å². The third-order valence-electron chi connectivity index (χ3n) is 4.53. The molecule has 0 spiro atoms. The number of carbonyl (C=O) groups is 2. The molecule has 2 aromatic heterocycles. The topological polar surface area (TPSA) is 97.1 Å². The molecule has 1 aliphatic rings. The van der Waals surface area contributed by atoms with Gasteiger partial charge in [0, 0.05) is 11.4 Å². The molecule has 0 saturated heterocycles. The maximum Gasteiger partial charge on any atom is 0.321 e. The summed E-state index contributed by atoms with van der Waals surface area (Å²) in [7, 11) is 0. The van der Waals surface area contributed by atoms with Gasteiger partial charge in [-0.1, -0.05) is 32.5 Å². The van der Waals surface area contributed by atoms with Gasteiger partial charge in [0.2, 0.25) is 5.91 Å². The van der Waals surface area contributed by atoms with Crippen molar-refractivity contribution in [2.45, 2.75) is 51.7 Å². The average Bonchev–Trinajstić information content (AvgIpc) is 3.25. The average molecular weight is 423 g/mol. The van der Waals surface area contributed by atoms with E-state index in [1.54, 1.807) is 11.3 Å². The van der Waals surface area contributed by atoms with Crippen LogP contribution in [-0.4, -0.2) is 34.4 Å². The lowest BCUT2D eigenvalue weighted by atomic mass is 9.90. The first kappa shape index (κ1) is 20.9. The van der Waals surface area contributed by atoms with Gasteiger partial charge in [0.25, 0.3) is 11.1 Å². The molecular weight excluding hydrogens is 396 g/mol. The number of aromatic nitrogens is 2. The monoisotopic (exact) mass is 422 g/mol. The lowest BCUT2D eigenvalue weighted by Crippen LogP contribution is -2.40. The number of thioether (sulfide) groups is 1. The molecule has 152 valence electrons. The Morgan fingerprint density at radius 2 is 2.21 bits per heavy atom. The van der Waals surface area contributed by atoms with Crippen LogP contribution in [0.25, 0.3) is 10.8 Å². The highest BCUT2D eigenvalue weighted by Gasteiger charge is 2.21. The van der Waals surface area contributed by atoms with Gasteiger partial charge in [-0.15, -0.1) is 21.5 Å². The van der Waals surface area contributed by atoms with E-state index in [0.29, 0.717) is 29.5 Å². The zero-order valence-electron chi connectivity index (χ0n) is 16.4. The molecule has 0 unspecified atom stereocenters. The summed E-state index contributed by atoms with van der Waals surface area (Å²) in [6, 6.07) is 1.67. The maximum atomic E-state index is 11.9. The molecule has 1 atom stereocenters. The van der Waals surface area contributed by atoms with Gasteiger partial charge in [-0.05, 0) is 49.1 Å². The van der Waals surface area contributed by atoms with Crippen molar-refractivity contribution in [3.63, 3.8) is 0 Å². The van der Waals surface area contributed by atoms with E-state index < -0.39 is 11.9 Å². The van der Waals surface area contributed by atoms with Crippen molar-refractivity contribution in [1.82, 2.24) is 20.8 Å². The Kier molecular flexibility index (Phi) is 7.12. The summed E-state index contributed by atoms with van der Waals surface area (Å²) in [6.45, 7) is 6.97. The van der Waals surface area contributed by atoms with Crippen molar-refractivity contribution in [2.24, 2.45) is 11.8 Å². The van der Waals surface area contributed by atoms with Crippen LogP contribution < -0.4 is 10.6 Å². The van der Waals surface area contributed by atoms with Crippen LogP contribution in [0, 0.1) is 11.8 Å². The van der Waals surface area contributed by atoms with Crippen LogP contribution in [0.1, 0.15) is 44.1 Å². The molecule has 2 aromatic rings. The number of nitrogens with one attached hydrogen (secondary N) is 2. The summed E-state index contributed by atoms with van der Waals surface area (Å²) in [5.74, 6) is 1.34. The molecule has 0 fully saturated rings. The van der Waals surface area contributed by atoms with Crippen LogP contribution in [-0.2, 0) is 17.6 Å². The van der Waals surface area contributed by atoms with Crippen LogP contribution in [0.4, 0.5) is 4.79 Å². The molecule has 3 rings (SSSR count). The van der Waals surface area contributed by atoms with E-state index in [2.05, 4.69) is 47.7 Å². The van der Waals surface area contributed by atoms with Gasteiger partial charge in [0.15, 0.2) is 0 Å². The zero-order valence-corrected chi connectivity index (χ0v) is 18.0. The molecule has 0 aliphatic heterocycles. The predicted octanol–water partition coefficient (Wildman–Crippen LogP) is 3.89. The molecule has 28 heavy (non-hydrogen) atoms. The quantitative estimate of drug-likeness (QED) is 0.657. The van der Waals surface area contributed by atoms with Crippen molar-refractivity contribution >= 4 is 35.0 Å². The third kappa shape index (κ3) is 5.81. The van der Waals surface area contributed by atoms with Gasteiger partial charge >= 0.3 is 6.03 Å². The first-order valence-electron chi connectivity index (χ1n) is 9.56. The van der Waals surface area contributed by atoms with Gasteiger partial charge in [-0.3, -0.25) is 10.1 Å². The van der Waals surface area contributed by atoms with Crippen LogP contribution in [0.15, 0.2) is 15.7 Å². The lowest BCUT2D eigenvalue weighted by Gasteiger charge is -2.16. The van der Waals surface area contributed by atoms with Crippen molar-refractivity contribution in [2.75, 3.05) is 12.3 Å². The highest BCUT2D eigenvalue weighted by Crippen LogP contribution is 2.37. The second-order valence-electron chi connectivity index (χ2n) is 7.56. The molecular formula is C19H26N4O3S2. The van der Waals surface area contributed by atoms with E-state index in [1.165, 1.54) is 16.9 Å². The maximum absolute atomic E-state index is 11.9. The van der Waals surface area contributed by atoms with Crippen LogP contribution in [0.2, 0.25) is 0 Å². The number of nitrogens with zero attached hydrogens (tertiary/aromatic N) is 2. The van der Waals surface area contributed by atoms with Crippen LogP contribution in [0.5, 0.6) is 0 Å². The Morgan fingerprint density at radius 3 is 3.00 bits per heavy atom. The molecule has 9 heteroatoms. The highest BCUT2D eigenvalue weighted by atomic mass is 32.2. The van der Waals surface area contributed by atoms with Gasteiger partial charge in [-0.2, -0.15) is 0 Å². The van der Waals surface area contributed by atoms with E-state index in [1.807, 2.05) is 0 Å². The zero-order chi connectivity index (χ0) is 20.1.